The summed E-state index contributed by atoms with van der Waals surface area (Å²) in [5.74, 6) is 2.30. The van der Waals surface area contributed by atoms with E-state index in [0.717, 1.165) is 17.2 Å². The van der Waals surface area contributed by atoms with E-state index in [9.17, 15) is 5.11 Å². The van der Waals surface area contributed by atoms with Crippen LogP contribution in [0.4, 0.5) is 0 Å². The number of hydrogen-bond donors (Lipinski definition) is 2. The molecular weight excluding hydrogens is 294 g/mol. The first-order valence-electron chi connectivity index (χ1n) is 7.76. The summed E-state index contributed by atoms with van der Waals surface area (Å²) in [5.41, 5.74) is 0. The Morgan fingerprint density at radius 3 is 2.65 bits per heavy atom. The van der Waals surface area contributed by atoms with Gasteiger partial charge in [0.15, 0.2) is 11.5 Å². The van der Waals surface area contributed by atoms with Gasteiger partial charge in [-0.15, -0.1) is 0 Å². The Labute approximate surface area is 135 Å². The molecule has 122 valence electrons. The number of hydrogen-bond acceptors (Lipinski definition) is 5. The van der Waals surface area contributed by atoms with Crippen LogP contribution in [0.5, 0.6) is 17.2 Å². The molecule has 5 nitrogen and oxygen atoms in total. The van der Waals surface area contributed by atoms with Crippen molar-refractivity contribution in [2.75, 3.05) is 26.3 Å². The predicted molar refractivity (Wildman–Crippen MR) is 87.2 cm³/mol. The van der Waals surface area contributed by atoms with Crippen molar-refractivity contribution < 1.29 is 19.3 Å². The zero-order valence-corrected chi connectivity index (χ0v) is 12.9. The highest BCUT2D eigenvalue weighted by atomic mass is 16.6. The molecule has 0 aromatic heterocycles. The molecule has 2 aromatic rings. The molecule has 0 saturated heterocycles. The highest BCUT2D eigenvalue weighted by Gasteiger charge is 2.20. The number of nitrogens with one attached hydrogen (secondary N) is 1. The monoisotopic (exact) mass is 315 g/mol. The zero-order valence-electron chi connectivity index (χ0n) is 12.9. The van der Waals surface area contributed by atoms with E-state index in [4.69, 9.17) is 14.2 Å². The number of fused-ring (bicyclic) bond motifs is 1. The van der Waals surface area contributed by atoms with Gasteiger partial charge in [0.1, 0.15) is 31.2 Å². The number of rotatable bonds is 7. The Kier molecular flexibility index (Phi) is 5.34. The van der Waals surface area contributed by atoms with Crippen molar-refractivity contribution in [2.24, 2.45) is 0 Å². The SMILES string of the molecule is O[C@H](CNC[C@@H]1COc2ccccc2O1)COc1ccccc1. The van der Waals surface area contributed by atoms with E-state index >= 15 is 0 Å². The van der Waals surface area contributed by atoms with Crippen molar-refractivity contribution in [3.05, 3.63) is 54.6 Å². The van der Waals surface area contributed by atoms with Gasteiger partial charge in [-0.2, -0.15) is 0 Å². The van der Waals surface area contributed by atoms with Gasteiger partial charge in [0.25, 0.3) is 0 Å². The predicted octanol–water partition coefficient (Wildman–Crippen LogP) is 1.86. The van der Waals surface area contributed by atoms with E-state index in [-0.39, 0.29) is 12.7 Å². The van der Waals surface area contributed by atoms with Crippen LogP contribution in [0, 0.1) is 0 Å². The van der Waals surface area contributed by atoms with Crippen LogP contribution >= 0.6 is 0 Å². The maximum Gasteiger partial charge on any atom is 0.161 e. The normalized spacial score (nSPS) is 17.5. The first kappa shape index (κ1) is 15.6. The highest BCUT2D eigenvalue weighted by molar-refractivity contribution is 5.40. The van der Waals surface area contributed by atoms with Crippen molar-refractivity contribution in [1.82, 2.24) is 5.32 Å². The molecule has 2 aromatic carbocycles. The number of ether oxygens (including phenoxy) is 3. The van der Waals surface area contributed by atoms with Gasteiger partial charge in [0, 0.05) is 13.1 Å². The fourth-order valence-corrected chi connectivity index (χ4v) is 2.34. The molecule has 0 unspecified atom stereocenters. The molecule has 2 N–H and O–H groups in total. The lowest BCUT2D eigenvalue weighted by molar-refractivity contribution is 0.0778. The second-order valence-electron chi connectivity index (χ2n) is 5.43. The van der Waals surface area contributed by atoms with Crippen LogP contribution in [0.3, 0.4) is 0 Å². The van der Waals surface area contributed by atoms with Crippen molar-refractivity contribution >= 4 is 0 Å². The lowest BCUT2D eigenvalue weighted by atomic mass is 10.2. The summed E-state index contributed by atoms with van der Waals surface area (Å²) >= 11 is 0. The molecule has 0 bridgehead atoms. The van der Waals surface area contributed by atoms with Crippen molar-refractivity contribution in [3.63, 3.8) is 0 Å². The fourth-order valence-electron chi connectivity index (χ4n) is 2.34. The molecule has 1 aliphatic rings. The Morgan fingerprint density at radius 2 is 1.83 bits per heavy atom. The third kappa shape index (κ3) is 4.61. The zero-order chi connectivity index (χ0) is 15.9. The molecule has 0 spiro atoms. The molecule has 0 saturated carbocycles. The minimum absolute atomic E-state index is 0.0628. The molecule has 23 heavy (non-hydrogen) atoms. The first-order valence-corrected chi connectivity index (χ1v) is 7.76. The molecular formula is C18H21NO4. The van der Waals surface area contributed by atoms with E-state index in [1.807, 2.05) is 54.6 Å². The average Bonchev–Trinajstić information content (AvgIpc) is 2.61. The Morgan fingerprint density at radius 1 is 1.09 bits per heavy atom. The molecule has 5 heteroatoms. The van der Waals surface area contributed by atoms with Gasteiger partial charge in [-0.1, -0.05) is 30.3 Å². The minimum atomic E-state index is -0.577. The van der Waals surface area contributed by atoms with Crippen LogP contribution in [0.2, 0.25) is 0 Å². The van der Waals surface area contributed by atoms with Gasteiger partial charge in [-0.25, -0.2) is 0 Å². The molecule has 3 rings (SSSR count). The second kappa shape index (κ2) is 7.85. The van der Waals surface area contributed by atoms with Gasteiger partial charge in [-0.3, -0.25) is 0 Å². The van der Waals surface area contributed by atoms with E-state index in [2.05, 4.69) is 5.32 Å². The van der Waals surface area contributed by atoms with Gasteiger partial charge >= 0.3 is 0 Å². The van der Waals surface area contributed by atoms with Gasteiger partial charge < -0.3 is 24.6 Å². The van der Waals surface area contributed by atoms with Crippen LogP contribution in [0.1, 0.15) is 0 Å². The van der Waals surface area contributed by atoms with E-state index in [1.54, 1.807) is 0 Å². The summed E-state index contributed by atoms with van der Waals surface area (Å²) in [6.45, 7) is 1.80. The molecule has 0 amide bonds. The summed E-state index contributed by atoms with van der Waals surface area (Å²) in [5, 5.41) is 13.1. The minimum Gasteiger partial charge on any atom is -0.491 e. The van der Waals surface area contributed by atoms with Gasteiger partial charge in [0.2, 0.25) is 0 Å². The van der Waals surface area contributed by atoms with Crippen molar-refractivity contribution in [1.29, 1.82) is 0 Å². The third-order valence-corrected chi connectivity index (χ3v) is 3.51. The standard InChI is InChI=1S/C18H21NO4/c20-14(12-21-15-6-2-1-3-7-15)10-19-11-16-13-22-17-8-4-5-9-18(17)23-16/h1-9,14,16,19-20H,10-13H2/t14-,16-/m1/s1. The number of aliphatic hydroxyl groups excluding tert-OH is 1. The lowest BCUT2D eigenvalue weighted by Gasteiger charge is -2.27. The summed E-state index contributed by atoms with van der Waals surface area (Å²) in [7, 11) is 0. The molecule has 1 aliphatic heterocycles. The first-order chi connectivity index (χ1) is 11.3. The largest absolute Gasteiger partial charge is 0.491 e. The summed E-state index contributed by atoms with van der Waals surface area (Å²) in [4.78, 5) is 0. The van der Waals surface area contributed by atoms with Crippen LogP contribution in [0.15, 0.2) is 54.6 Å². The van der Waals surface area contributed by atoms with Gasteiger partial charge in [0.05, 0.1) is 0 Å². The Bertz CT molecular complexity index is 605. The fraction of sp³-hybridized carbons (Fsp3) is 0.333. The Hall–Kier alpha value is -2.24. The van der Waals surface area contributed by atoms with Crippen LogP contribution in [-0.4, -0.2) is 43.6 Å². The highest BCUT2D eigenvalue weighted by Crippen LogP contribution is 2.30. The third-order valence-electron chi connectivity index (χ3n) is 3.51. The Balaban J connectivity index is 1.35. The van der Waals surface area contributed by atoms with Crippen LogP contribution < -0.4 is 19.5 Å². The maximum atomic E-state index is 9.94. The van der Waals surface area contributed by atoms with Gasteiger partial charge in [-0.05, 0) is 24.3 Å². The van der Waals surface area contributed by atoms with E-state index < -0.39 is 6.10 Å². The quantitative estimate of drug-likeness (QED) is 0.817. The van der Waals surface area contributed by atoms with Crippen molar-refractivity contribution in [3.8, 4) is 17.2 Å². The van der Waals surface area contributed by atoms with Crippen LogP contribution in [-0.2, 0) is 0 Å². The lowest BCUT2D eigenvalue weighted by Crippen LogP contribution is -2.41. The van der Waals surface area contributed by atoms with Crippen molar-refractivity contribution in [2.45, 2.75) is 12.2 Å². The summed E-state index contributed by atoms with van der Waals surface area (Å²) in [6, 6.07) is 17.1. The second-order valence-corrected chi connectivity index (χ2v) is 5.43. The van der Waals surface area contributed by atoms with E-state index in [0.29, 0.717) is 19.7 Å². The number of para-hydroxylation sites is 3. The average molecular weight is 315 g/mol. The number of benzene rings is 2. The number of aliphatic hydroxyl groups is 1. The summed E-state index contributed by atoms with van der Waals surface area (Å²) < 4.78 is 17.0. The molecule has 0 radical (unpaired) electrons. The molecule has 2 atom stereocenters. The molecule has 0 fully saturated rings. The topological polar surface area (TPSA) is 60.0 Å². The maximum absolute atomic E-state index is 9.94. The van der Waals surface area contributed by atoms with Crippen LogP contribution in [0.25, 0.3) is 0 Å². The smallest absolute Gasteiger partial charge is 0.161 e. The molecule has 1 heterocycles. The van der Waals surface area contributed by atoms with E-state index in [1.165, 1.54) is 0 Å². The molecule has 0 aliphatic carbocycles. The summed E-state index contributed by atoms with van der Waals surface area (Å²) in [6.07, 6.45) is -0.640.